The second-order valence-corrected chi connectivity index (χ2v) is 5.66. The monoisotopic (exact) mass is 284 g/mol. The van der Waals surface area contributed by atoms with Gasteiger partial charge in [0.1, 0.15) is 0 Å². The number of hydrogen-bond acceptors (Lipinski definition) is 5. The highest BCUT2D eigenvalue weighted by atomic mass is 32.1. The first-order valence-corrected chi connectivity index (χ1v) is 7.27. The van der Waals surface area contributed by atoms with Gasteiger partial charge in [0.05, 0.1) is 18.8 Å². The smallest absolute Gasteiger partial charge is 0.318 e. The van der Waals surface area contributed by atoms with E-state index in [4.69, 9.17) is 5.11 Å². The van der Waals surface area contributed by atoms with Crippen LogP contribution in [0.3, 0.4) is 0 Å². The number of aromatic nitrogens is 1. The summed E-state index contributed by atoms with van der Waals surface area (Å²) in [6.07, 6.45) is 2.07. The van der Waals surface area contributed by atoms with Crippen LogP contribution in [0.5, 0.6) is 0 Å². The molecular weight excluding hydrogens is 264 g/mol. The van der Waals surface area contributed by atoms with Crippen LogP contribution in [0.2, 0.25) is 0 Å². The molecule has 2 N–H and O–H groups in total. The van der Waals surface area contributed by atoms with Crippen molar-refractivity contribution in [2.45, 2.75) is 25.4 Å². The molecule has 0 bridgehead atoms. The number of carbonyl (C=O) groups excluding carboxylic acids is 1. The zero-order valence-electron chi connectivity index (χ0n) is 11.3. The van der Waals surface area contributed by atoms with Crippen molar-refractivity contribution in [2.75, 3.05) is 32.1 Å². The molecule has 19 heavy (non-hydrogen) atoms. The number of amides is 2. The van der Waals surface area contributed by atoms with Crippen LogP contribution in [0.25, 0.3) is 0 Å². The van der Waals surface area contributed by atoms with Crippen LogP contribution in [0.4, 0.5) is 9.93 Å². The summed E-state index contributed by atoms with van der Waals surface area (Å²) in [4.78, 5) is 20.1. The molecule has 0 aliphatic heterocycles. The molecule has 1 aliphatic carbocycles. The van der Waals surface area contributed by atoms with Crippen LogP contribution >= 0.6 is 11.3 Å². The van der Waals surface area contributed by atoms with Gasteiger partial charge in [-0.05, 0) is 12.8 Å². The molecule has 0 spiro atoms. The summed E-state index contributed by atoms with van der Waals surface area (Å²) in [5, 5.41) is 14.7. The molecular formula is C12H20N4O2S. The second-order valence-electron chi connectivity index (χ2n) is 4.82. The summed E-state index contributed by atoms with van der Waals surface area (Å²) >= 11 is 1.56. The lowest BCUT2D eigenvalue weighted by molar-refractivity contribution is 0.173. The van der Waals surface area contributed by atoms with Crippen molar-refractivity contribution in [3.63, 3.8) is 0 Å². The van der Waals surface area contributed by atoms with Crippen molar-refractivity contribution in [1.82, 2.24) is 15.2 Å². The lowest BCUT2D eigenvalue weighted by atomic mass is 10.4. The molecule has 7 heteroatoms. The first kappa shape index (κ1) is 14.1. The van der Waals surface area contributed by atoms with Gasteiger partial charge < -0.3 is 20.2 Å². The molecule has 1 aromatic heterocycles. The van der Waals surface area contributed by atoms with Crippen molar-refractivity contribution >= 4 is 22.5 Å². The fourth-order valence-electron chi connectivity index (χ4n) is 1.79. The molecule has 2 rings (SSSR count). The molecule has 0 aromatic carbocycles. The summed E-state index contributed by atoms with van der Waals surface area (Å²) in [5.41, 5.74) is 0.863. The Labute approximate surface area is 117 Å². The highest BCUT2D eigenvalue weighted by Crippen LogP contribution is 2.26. The van der Waals surface area contributed by atoms with Crippen LogP contribution < -0.4 is 10.2 Å². The molecule has 1 saturated carbocycles. The number of anilines is 1. The standard InChI is InChI=1S/C12H20N4O2S/c1-15(2)12-14-9(8-19-12)7-13-11(18)16(5-6-17)10-3-4-10/h8,10,17H,3-7H2,1-2H3,(H,13,18). The van der Waals surface area contributed by atoms with Gasteiger partial charge in [0.25, 0.3) is 0 Å². The quantitative estimate of drug-likeness (QED) is 0.813. The van der Waals surface area contributed by atoms with Gasteiger partial charge in [-0.1, -0.05) is 0 Å². The lowest BCUT2D eigenvalue weighted by Gasteiger charge is -2.21. The average molecular weight is 284 g/mol. The predicted octanol–water partition coefficient (Wildman–Crippen LogP) is 0.875. The highest BCUT2D eigenvalue weighted by Gasteiger charge is 2.31. The molecule has 2 amide bonds. The Morgan fingerprint density at radius 3 is 2.84 bits per heavy atom. The molecule has 0 saturated heterocycles. The van der Waals surface area contributed by atoms with Crippen LogP contribution in [0.15, 0.2) is 5.38 Å². The minimum Gasteiger partial charge on any atom is -0.395 e. The lowest BCUT2D eigenvalue weighted by Crippen LogP contribution is -2.42. The first-order valence-electron chi connectivity index (χ1n) is 6.39. The Hall–Kier alpha value is -1.34. The van der Waals surface area contributed by atoms with E-state index in [2.05, 4.69) is 10.3 Å². The number of nitrogens with zero attached hydrogens (tertiary/aromatic N) is 3. The Balaban J connectivity index is 1.84. The third-order valence-electron chi connectivity index (χ3n) is 2.93. The maximum absolute atomic E-state index is 12.0. The van der Waals surface area contributed by atoms with E-state index in [1.807, 2.05) is 24.4 Å². The minimum atomic E-state index is -0.115. The zero-order chi connectivity index (χ0) is 13.8. The average Bonchev–Trinajstić information content (AvgIpc) is 3.10. The Morgan fingerprint density at radius 2 is 2.32 bits per heavy atom. The van der Waals surface area contributed by atoms with Gasteiger partial charge in [0, 0.05) is 32.1 Å². The topological polar surface area (TPSA) is 68.7 Å². The number of carbonyl (C=O) groups is 1. The Morgan fingerprint density at radius 1 is 1.58 bits per heavy atom. The number of rotatable bonds is 6. The summed E-state index contributed by atoms with van der Waals surface area (Å²) in [7, 11) is 3.88. The van der Waals surface area contributed by atoms with E-state index in [-0.39, 0.29) is 12.6 Å². The van der Waals surface area contributed by atoms with Crippen molar-refractivity contribution < 1.29 is 9.90 Å². The van der Waals surface area contributed by atoms with E-state index in [0.717, 1.165) is 23.7 Å². The SMILES string of the molecule is CN(C)c1nc(CNC(=O)N(CCO)C2CC2)cs1. The van der Waals surface area contributed by atoms with Gasteiger partial charge in [-0.2, -0.15) is 0 Å². The van der Waals surface area contributed by atoms with E-state index in [9.17, 15) is 4.79 Å². The molecule has 1 heterocycles. The second kappa shape index (κ2) is 6.21. The van der Waals surface area contributed by atoms with Gasteiger partial charge in [-0.15, -0.1) is 11.3 Å². The van der Waals surface area contributed by atoms with Gasteiger partial charge >= 0.3 is 6.03 Å². The fraction of sp³-hybridized carbons (Fsp3) is 0.667. The number of thiazole rings is 1. The molecule has 0 unspecified atom stereocenters. The summed E-state index contributed by atoms with van der Waals surface area (Å²) < 4.78 is 0. The van der Waals surface area contributed by atoms with Crippen molar-refractivity contribution in [3.8, 4) is 0 Å². The van der Waals surface area contributed by atoms with Crippen LogP contribution in [0.1, 0.15) is 18.5 Å². The van der Waals surface area contributed by atoms with E-state index in [1.54, 1.807) is 16.2 Å². The van der Waals surface area contributed by atoms with E-state index in [1.165, 1.54) is 0 Å². The van der Waals surface area contributed by atoms with Crippen LogP contribution in [-0.2, 0) is 6.54 Å². The first-order chi connectivity index (χ1) is 9.11. The third-order valence-corrected chi connectivity index (χ3v) is 3.99. The van der Waals surface area contributed by atoms with Crippen molar-refractivity contribution in [2.24, 2.45) is 0 Å². The van der Waals surface area contributed by atoms with Gasteiger partial charge in [0.2, 0.25) is 0 Å². The number of nitrogens with one attached hydrogen (secondary N) is 1. The minimum absolute atomic E-state index is 0.00536. The van der Waals surface area contributed by atoms with Crippen molar-refractivity contribution in [1.29, 1.82) is 0 Å². The van der Waals surface area contributed by atoms with Gasteiger partial charge in [-0.3, -0.25) is 0 Å². The van der Waals surface area contributed by atoms with E-state index < -0.39 is 0 Å². The molecule has 1 aliphatic rings. The van der Waals surface area contributed by atoms with Gasteiger partial charge in [0.15, 0.2) is 5.13 Å². The number of hydrogen-bond donors (Lipinski definition) is 2. The molecule has 0 radical (unpaired) electrons. The highest BCUT2D eigenvalue weighted by molar-refractivity contribution is 7.13. The molecule has 1 fully saturated rings. The summed E-state index contributed by atoms with van der Waals surface area (Å²) in [6, 6.07) is 0.191. The molecule has 1 aromatic rings. The Bertz CT molecular complexity index is 431. The molecule has 0 atom stereocenters. The number of aliphatic hydroxyl groups is 1. The Kier molecular flexibility index (Phi) is 4.60. The van der Waals surface area contributed by atoms with Crippen LogP contribution in [-0.4, -0.2) is 54.3 Å². The zero-order valence-corrected chi connectivity index (χ0v) is 12.1. The molecule has 6 nitrogen and oxygen atoms in total. The number of aliphatic hydroxyl groups excluding tert-OH is 1. The van der Waals surface area contributed by atoms with Crippen LogP contribution in [0, 0.1) is 0 Å². The van der Waals surface area contributed by atoms with Gasteiger partial charge in [-0.25, -0.2) is 9.78 Å². The molecule has 106 valence electrons. The summed E-state index contributed by atoms with van der Waals surface area (Å²) in [5.74, 6) is 0. The maximum atomic E-state index is 12.0. The number of urea groups is 1. The maximum Gasteiger partial charge on any atom is 0.318 e. The largest absolute Gasteiger partial charge is 0.395 e. The normalized spacial score (nSPS) is 14.3. The van der Waals surface area contributed by atoms with Crippen molar-refractivity contribution in [3.05, 3.63) is 11.1 Å². The van der Waals surface area contributed by atoms with E-state index >= 15 is 0 Å². The summed E-state index contributed by atoms with van der Waals surface area (Å²) in [6.45, 7) is 0.833. The predicted molar refractivity (Wildman–Crippen MR) is 75.5 cm³/mol. The van der Waals surface area contributed by atoms with E-state index in [0.29, 0.717) is 19.1 Å². The fourth-order valence-corrected chi connectivity index (χ4v) is 2.55. The third kappa shape index (κ3) is 3.81.